The molecule has 4 heterocycles. The predicted octanol–water partition coefficient (Wildman–Crippen LogP) is 3.91. The van der Waals surface area contributed by atoms with E-state index in [4.69, 9.17) is 0 Å². The van der Waals surface area contributed by atoms with E-state index in [1.54, 1.807) is 4.57 Å². The maximum Gasteiger partial charge on any atom is 0.334 e. The summed E-state index contributed by atoms with van der Waals surface area (Å²) in [5, 5.41) is 14.3. The van der Waals surface area contributed by atoms with Crippen molar-refractivity contribution in [2.75, 3.05) is 0 Å². The van der Waals surface area contributed by atoms with Crippen LogP contribution in [0.3, 0.4) is 0 Å². The number of nitrogens with zero attached hydrogens (tertiary/aromatic N) is 7. The number of imidazole rings is 1. The van der Waals surface area contributed by atoms with Gasteiger partial charge >= 0.3 is 5.69 Å². The molecule has 35 heavy (non-hydrogen) atoms. The molecule has 0 saturated heterocycles. The van der Waals surface area contributed by atoms with Gasteiger partial charge in [0.25, 0.3) is 0 Å². The van der Waals surface area contributed by atoms with Crippen LogP contribution in [-0.4, -0.2) is 40.5 Å². The van der Waals surface area contributed by atoms with E-state index >= 15 is 0 Å². The van der Waals surface area contributed by atoms with Crippen LogP contribution >= 0.6 is 0 Å². The average Bonchev–Trinajstić information content (AvgIpc) is 3.63. The minimum atomic E-state index is -0.422. The Morgan fingerprint density at radius 1 is 1.14 bits per heavy atom. The second-order valence-corrected chi connectivity index (χ2v) is 9.01. The second-order valence-electron chi connectivity index (χ2n) is 9.01. The third-order valence-corrected chi connectivity index (χ3v) is 6.62. The molecule has 9 heteroatoms. The van der Waals surface area contributed by atoms with Crippen LogP contribution in [0.25, 0.3) is 17.2 Å². The van der Waals surface area contributed by atoms with Gasteiger partial charge in [-0.05, 0) is 53.5 Å². The number of H-pyrrole nitrogens is 1. The number of rotatable bonds is 9. The highest BCUT2D eigenvalue weighted by Crippen LogP contribution is 2.35. The third-order valence-electron chi connectivity index (χ3n) is 6.62. The summed E-state index contributed by atoms with van der Waals surface area (Å²) in [6.07, 6.45) is 13.4. The molecule has 180 valence electrons. The van der Waals surface area contributed by atoms with E-state index in [0.717, 1.165) is 48.4 Å². The van der Waals surface area contributed by atoms with Gasteiger partial charge in [0, 0.05) is 54.6 Å². The highest BCUT2D eigenvalue weighted by atomic mass is 16.1. The number of aliphatic imine (C=N–C) groups is 1. The van der Waals surface area contributed by atoms with Crippen molar-refractivity contribution < 1.29 is 0 Å². The van der Waals surface area contributed by atoms with Gasteiger partial charge in [0.2, 0.25) is 0 Å². The molecule has 1 aliphatic rings. The molecule has 0 aliphatic carbocycles. The average molecular weight is 471 g/mol. The first-order valence-electron chi connectivity index (χ1n) is 12.2. The van der Waals surface area contributed by atoms with Gasteiger partial charge in [-0.2, -0.15) is 0 Å². The molecule has 9 nitrogen and oxygen atoms in total. The zero-order valence-electron chi connectivity index (χ0n) is 20.1. The fraction of sp³-hybridized carbons (Fsp3) is 0.346. The third kappa shape index (κ3) is 4.29. The van der Waals surface area contributed by atoms with Crippen LogP contribution in [0.1, 0.15) is 44.4 Å². The Labute approximate surface area is 203 Å². The van der Waals surface area contributed by atoms with Gasteiger partial charge in [0.1, 0.15) is 5.82 Å². The Hall–Kier alpha value is -4.01. The van der Waals surface area contributed by atoms with Gasteiger partial charge in [-0.1, -0.05) is 44.5 Å². The minimum absolute atomic E-state index is 0.0182. The molecule has 1 aliphatic heterocycles. The number of aromatic nitrogens is 7. The molecule has 0 spiro atoms. The molecule has 1 atom stereocenters. The van der Waals surface area contributed by atoms with Crippen LogP contribution in [0.4, 0.5) is 0 Å². The maximum absolute atomic E-state index is 13.8. The van der Waals surface area contributed by atoms with Crippen LogP contribution in [0.5, 0.6) is 0 Å². The first-order valence-corrected chi connectivity index (χ1v) is 12.2. The van der Waals surface area contributed by atoms with E-state index in [2.05, 4.69) is 62.2 Å². The smallest absolute Gasteiger partial charge is 0.334 e. The van der Waals surface area contributed by atoms with E-state index < -0.39 is 5.41 Å². The number of aromatic amines is 1. The summed E-state index contributed by atoms with van der Waals surface area (Å²) >= 11 is 0. The lowest BCUT2D eigenvalue weighted by atomic mass is 9.76. The normalized spacial score (nSPS) is 17.3. The Bertz CT molecular complexity index is 1410. The Kier molecular flexibility index (Phi) is 6.31. The van der Waals surface area contributed by atoms with Gasteiger partial charge in [-0.3, -0.25) is 14.1 Å². The van der Waals surface area contributed by atoms with Crippen molar-refractivity contribution in [1.82, 2.24) is 34.3 Å². The summed E-state index contributed by atoms with van der Waals surface area (Å²) in [7, 11) is 0. The summed E-state index contributed by atoms with van der Waals surface area (Å²) in [5.74, 6) is 1.52. The molecule has 4 aromatic rings. The molecular formula is C26H30N8O. The molecule has 0 amide bonds. The van der Waals surface area contributed by atoms with E-state index in [0.29, 0.717) is 18.8 Å². The van der Waals surface area contributed by atoms with Crippen molar-refractivity contribution in [3.8, 4) is 17.2 Å². The highest BCUT2D eigenvalue weighted by Gasteiger charge is 2.33. The summed E-state index contributed by atoms with van der Waals surface area (Å²) in [4.78, 5) is 18.2. The molecule has 0 saturated carbocycles. The van der Waals surface area contributed by atoms with E-state index in [-0.39, 0.29) is 5.69 Å². The number of hydrogen-bond acceptors (Lipinski definition) is 5. The van der Waals surface area contributed by atoms with Crippen molar-refractivity contribution in [3.63, 3.8) is 0 Å². The van der Waals surface area contributed by atoms with Crippen molar-refractivity contribution in [3.05, 3.63) is 82.8 Å². The van der Waals surface area contributed by atoms with Crippen molar-refractivity contribution in [2.24, 2.45) is 4.99 Å². The molecule has 1 aromatic carbocycles. The molecular weight excluding hydrogens is 440 g/mol. The highest BCUT2D eigenvalue weighted by molar-refractivity contribution is 5.65. The van der Waals surface area contributed by atoms with Gasteiger partial charge in [0.05, 0.1) is 0 Å². The van der Waals surface area contributed by atoms with Crippen LogP contribution < -0.4 is 5.69 Å². The van der Waals surface area contributed by atoms with E-state index in [1.165, 1.54) is 0 Å². The quantitative estimate of drug-likeness (QED) is 0.401. The molecule has 3 aromatic heterocycles. The van der Waals surface area contributed by atoms with Gasteiger partial charge in [-0.25, -0.2) is 9.89 Å². The van der Waals surface area contributed by atoms with Gasteiger partial charge in [0.15, 0.2) is 5.82 Å². The molecule has 0 fully saturated rings. The van der Waals surface area contributed by atoms with Gasteiger partial charge in [-0.15, -0.1) is 5.10 Å². The number of hydrogen-bond donors (Lipinski definition) is 1. The van der Waals surface area contributed by atoms with Gasteiger partial charge < -0.3 is 4.57 Å². The molecule has 1 N–H and O–H groups in total. The monoisotopic (exact) mass is 470 g/mol. The van der Waals surface area contributed by atoms with Crippen LogP contribution in [-0.2, 0) is 24.9 Å². The molecule has 1 unspecified atom stereocenters. The predicted molar refractivity (Wildman–Crippen MR) is 136 cm³/mol. The maximum atomic E-state index is 13.8. The summed E-state index contributed by atoms with van der Waals surface area (Å²) < 4.78 is 5.88. The molecule has 0 bridgehead atoms. The van der Waals surface area contributed by atoms with Crippen LogP contribution in [0.2, 0.25) is 0 Å². The van der Waals surface area contributed by atoms with Crippen LogP contribution in [0.15, 0.2) is 70.9 Å². The Balaban J connectivity index is 1.60. The van der Waals surface area contributed by atoms with Crippen molar-refractivity contribution >= 4 is 6.21 Å². The van der Waals surface area contributed by atoms with E-state index in [1.807, 2.05) is 53.6 Å². The lowest BCUT2D eigenvalue weighted by molar-refractivity contribution is 0.439. The summed E-state index contributed by atoms with van der Waals surface area (Å²) in [5.41, 5.74) is 2.59. The number of benzene rings is 1. The fourth-order valence-corrected chi connectivity index (χ4v) is 4.86. The van der Waals surface area contributed by atoms with Crippen molar-refractivity contribution in [1.29, 1.82) is 0 Å². The second kappa shape index (κ2) is 9.69. The standard InChI is InChI=1S/C26H30N8O/c1-3-7-22-18-33(23-10-6-16-32(23)15-4-2)25(35)34(22)19-26(11-13-27-14-12-26)21-9-5-8-20(17-21)24-28-30-31-29-24/h5-6,8-11,13-14,16-18H,3-4,7,12,15,19H2,1-2H3,(H,28,29,30,31). The van der Waals surface area contributed by atoms with Crippen LogP contribution in [0, 0.1) is 0 Å². The zero-order chi connectivity index (χ0) is 24.3. The minimum Gasteiger partial charge on any atom is -0.334 e. The zero-order valence-corrected chi connectivity index (χ0v) is 20.1. The summed E-state index contributed by atoms with van der Waals surface area (Å²) in [6, 6.07) is 12.2. The lowest BCUT2D eigenvalue weighted by Gasteiger charge is -2.32. The Morgan fingerprint density at radius 2 is 2.06 bits per heavy atom. The molecule has 5 rings (SSSR count). The first-order chi connectivity index (χ1) is 17.1. The number of allylic oxidation sites excluding steroid dienone is 1. The number of tetrazole rings is 1. The SMILES string of the molecule is CCCc1cn(-c2cccn2CCC)c(=O)n1CC1(c2cccc(-c3nnn[nH]3)c2)C=CN=CC1. The lowest BCUT2D eigenvalue weighted by Crippen LogP contribution is -2.37. The fourth-order valence-electron chi connectivity index (χ4n) is 4.86. The molecule has 0 radical (unpaired) electrons. The van der Waals surface area contributed by atoms with Crippen molar-refractivity contribution in [2.45, 2.75) is 58.0 Å². The van der Waals surface area contributed by atoms with E-state index in [9.17, 15) is 4.79 Å². The number of nitrogens with one attached hydrogen (secondary N) is 1. The number of aryl methyl sites for hydroxylation is 2. The Morgan fingerprint density at radius 3 is 2.80 bits per heavy atom. The summed E-state index contributed by atoms with van der Waals surface area (Å²) in [6.45, 7) is 5.67. The largest absolute Gasteiger partial charge is 0.334 e. The first kappa shape index (κ1) is 22.8. The topological polar surface area (TPSA) is 98.7 Å².